The monoisotopic (exact) mass is 522 g/mol. The Hall–Kier alpha value is -3.40. The Bertz CT molecular complexity index is 1570. The van der Waals surface area contributed by atoms with Crippen LogP contribution in [0.5, 0.6) is 0 Å². The molecule has 1 aliphatic carbocycles. The lowest BCUT2D eigenvalue weighted by Gasteiger charge is -2.24. The van der Waals surface area contributed by atoms with Gasteiger partial charge in [0.05, 0.1) is 29.9 Å². The van der Waals surface area contributed by atoms with Crippen molar-refractivity contribution in [1.82, 2.24) is 15.0 Å². The molecule has 5 rings (SSSR count). The van der Waals surface area contributed by atoms with Gasteiger partial charge in [-0.05, 0) is 54.8 Å². The quantitative estimate of drug-likeness (QED) is 0.360. The van der Waals surface area contributed by atoms with Crippen LogP contribution in [0.15, 0.2) is 66.0 Å². The maximum absolute atomic E-state index is 13.7. The van der Waals surface area contributed by atoms with Crippen molar-refractivity contribution in [3.63, 3.8) is 0 Å². The Morgan fingerprint density at radius 3 is 2.61 bits per heavy atom. The molecule has 0 aliphatic heterocycles. The second-order valence-corrected chi connectivity index (χ2v) is 11.1. The molecule has 3 heterocycles. The van der Waals surface area contributed by atoms with Gasteiger partial charge < -0.3 is 10.0 Å². The zero-order valence-electron chi connectivity index (χ0n) is 19.4. The van der Waals surface area contributed by atoms with E-state index in [9.17, 15) is 18.3 Å². The molecule has 1 aromatic carbocycles. The molecule has 0 radical (unpaired) electrons. The Morgan fingerprint density at radius 2 is 1.94 bits per heavy atom. The van der Waals surface area contributed by atoms with Gasteiger partial charge in [-0.3, -0.25) is 9.78 Å². The maximum atomic E-state index is 13.7. The molecular weight excluding hydrogens is 500 g/mol. The largest absolute Gasteiger partial charge is 0.392 e. The van der Waals surface area contributed by atoms with Gasteiger partial charge in [0.1, 0.15) is 5.15 Å². The van der Waals surface area contributed by atoms with E-state index in [1.165, 1.54) is 17.3 Å². The number of hydrogen-bond donors (Lipinski definition) is 1. The highest BCUT2D eigenvalue weighted by Gasteiger charge is 2.28. The second-order valence-electron chi connectivity index (χ2n) is 8.86. The molecule has 8 nitrogen and oxygen atoms in total. The number of anilines is 1. The number of sulfone groups is 1. The van der Waals surface area contributed by atoms with Crippen molar-refractivity contribution in [3.8, 4) is 0 Å². The van der Waals surface area contributed by atoms with Gasteiger partial charge in [-0.15, -0.1) is 0 Å². The fourth-order valence-corrected chi connectivity index (χ4v) is 5.09. The van der Waals surface area contributed by atoms with Crippen molar-refractivity contribution >= 4 is 43.9 Å². The number of aliphatic hydroxyl groups excluding tert-OH is 1. The van der Waals surface area contributed by atoms with Gasteiger partial charge >= 0.3 is 0 Å². The van der Waals surface area contributed by atoms with E-state index in [1.54, 1.807) is 30.3 Å². The molecule has 1 saturated carbocycles. The Balaban J connectivity index is 1.57. The lowest BCUT2D eigenvalue weighted by Crippen LogP contribution is -2.32. The van der Waals surface area contributed by atoms with Crippen LogP contribution in [0.1, 0.15) is 45.9 Å². The van der Waals surface area contributed by atoms with E-state index in [1.807, 2.05) is 18.2 Å². The van der Waals surface area contributed by atoms with Gasteiger partial charge in [-0.1, -0.05) is 23.7 Å². The fourth-order valence-electron chi connectivity index (χ4n) is 4.07. The zero-order chi connectivity index (χ0) is 25.4. The lowest BCUT2D eigenvalue weighted by molar-refractivity contribution is 0.0984. The van der Waals surface area contributed by atoms with Crippen LogP contribution in [0.2, 0.25) is 5.15 Å². The first-order valence-corrected chi connectivity index (χ1v) is 13.6. The molecule has 1 aliphatic rings. The first-order valence-electron chi connectivity index (χ1n) is 11.4. The van der Waals surface area contributed by atoms with E-state index in [-0.39, 0.29) is 29.0 Å². The molecule has 1 amide bonds. The summed E-state index contributed by atoms with van der Waals surface area (Å²) in [5.41, 5.74) is 3.30. The topological polar surface area (TPSA) is 113 Å². The molecule has 36 heavy (non-hydrogen) atoms. The van der Waals surface area contributed by atoms with Crippen LogP contribution in [-0.2, 0) is 23.0 Å². The predicted octanol–water partition coefficient (Wildman–Crippen LogP) is 4.30. The van der Waals surface area contributed by atoms with Crippen molar-refractivity contribution in [2.75, 3.05) is 11.2 Å². The van der Waals surface area contributed by atoms with Crippen LogP contribution in [0, 0.1) is 0 Å². The van der Waals surface area contributed by atoms with Crippen molar-refractivity contribution in [3.05, 3.63) is 88.5 Å². The van der Waals surface area contributed by atoms with Crippen LogP contribution in [0.3, 0.4) is 0 Å². The summed E-state index contributed by atoms with van der Waals surface area (Å²) in [5.74, 6) is 0.0492. The number of halogens is 1. The first-order chi connectivity index (χ1) is 17.2. The van der Waals surface area contributed by atoms with Crippen molar-refractivity contribution in [2.24, 2.45) is 0 Å². The average molecular weight is 523 g/mol. The van der Waals surface area contributed by atoms with Gasteiger partial charge in [-0.25, -0.2) is 18.4 Å². The molecule has 0 spiro atoms. The minimum absolute atomic E-state index is 0.0639. The van der Waals surface area contributed by atoms with Crippen molar-refractivity contribution < 1.29 is 18.3 Å². The molecule has 10 heteroatoms. The Morgan fingerprint density at radius 1 is 1.14 bits per heavy atom. The van der Waals surface area contributed by atoms with Crippen LogP contribution >= 0.6 is 11.6 Å². The third kappa shape index (κ3) is 4.95. The maximum Gasteiger partial charge on any atom is 0.260 e. The number of carbonyl (C=O) groups excluding carboxylic acids is 1. The number of aromatic nitrogens is 3. The molecule has 0 atom stereocenters. The Labute approximate surface area is 213 Å². The Kier molecular flexibility index (Phi) is 6.46. The van der Waals surface area contributed by atoms with Gasteiger partial charge in [-0.2, -0.15) is 0 Å². The second kappa shape index (κ2) is 9.57. The third-order valence-electron chi connectivity index (χ3n) is 6.09. The molecule has 1 N–H and O–H groups in total. The van der Waals surface area contributed by atoms with Crippen LogP contribution in [0.25, 0.3) is 10.9 Å². The average Bonchev–Trinajstić information content (AvgIpc) is 3.72. The summed E-state index contributed by atoms with van der Waals surface area (Å²) >= 11 is 6.18. The van der Waals surface area contributed by atoms with E-state index in [4.69, 9.17) is 11.6 Å². The summed E-state index contributed by atoms with van der Waals surface area (Å²) in [4.78, 5) is 28.0. The summed E-state index contributed by atoms with van der Waals surface area (Å²) in [6, 6.07) is 13.9. The SMILES string of the molecule is CS(=O)(=O)c1ncccc1N(Cc1ccc2cc(CO)c(Cl)nc2c1)C(=O)c1ccc(C2CC2)nc1. The molecule has 3 aromatic heterocycles. The highest BCUT2D eigenvalue weighted by Crippen LogP contribution is 2.39. The molecule has 4 aromatic rings. The number of hydrogen-bond acceptors (Lipinski definition) is 7. The zero-order valence-corrected chi connectivity index (χ0v) is 21.0. The van der Waals surface area contributed by atoms with Gasteiger partial charge in [0.2, 0.25) is 0 Å². The number of rotatable bonds is 7. The van der Waals surface area contributed by atoms with Crippen LogP contribution < -0.4 is 4.90 Å². The van der Waals surface area contributed by atoms with Crippen LogP contribution in [0.4, 0.5) is 5.69 Å². The number of amides is 1. The number of nitrogens with zero attached hydrogens (tertiary/aromatic N) is 4. The molecule has 0 bridgehead atoms. The van der Waals surface area contributed by atoms with E-state index < -0.39 is 15.7 Å². The summed E-state index contributed by atoms with van der Waals surface area (Å²) in [5, 5.41) is 10.3. The fraction of sp³-hybridized carbons (Fsp3) is 0.231. The highest BCUT2D eigenvalue weighted by atomic mass is 35.5. The van der Waals surface area contributed by atoms with Crippen LogP contribution in [-0.4, -0.2) is 40.6 Å². The summed E-state index contributed by atoms with van der Waals surface area (Å²) in [6.07, 6.45) is 6.18. The van der Waals surface area contributed by atoms with Gasteiger partial charge in [0.25, 0.3) is 5.91 Å². The molecular formula is C26H23ClN4O4S. The van der Waals surface area contributed by atoms with E-state index in [0.29, 0.717) is 28.1 Å². The molecule has 0 unspecified atom stereocenters. The summed E-state index contributed by atoms with van der Waals surface area (Å²) in [6.45, 7) is -0.164. The smallest absolute Gasteiger partial charge is 0.260 e. The minimum Gasteiger partial charge on any atom is -0.392 e. The summed E-state index contributed by atoms with van der Waals surface area (Å²) in [7, 11) is -3.72. The van der Waals surface area contributed by atoms with Crippen molar-refractivity contribution in [2.45, 2.75) is 36.9 Å². The van der Waals surface area contributed by atoms with Gasteiger partial charge in [0, 0.05) is 41.2 Å². The molecule has 184 valence electrons. The van der Waals surface area contributed by atoms with E-state index in [0.717, 1.165) is 30.2 Å². The van der Waals surface area contributed by atoms with Crippen molar-refractivity contribution in [1.29, 1.82) is 0 Å². The molecule has 0 saturated heterocycles. The number of aliphatic hydroxyl groups is 1. The number of fused-ring (bicyclic) bond motifs is 1. The normalized spacial score (nSPS) is 13.6. The standard InChI is InChI=1S/C26H23ClN4O4S/c1-36(34,35)25-23(3-2-10-28-25)31(26(33)19-8-9-21(29-13-19)17-6-7-17)14-16-4-5-18-12-20(15-32)24(27)30-22(18)11-16/h2-5,8-13,17,32H,6-7,14-15H2,1H3. The molecule has 1 fully saturated rings. The number of carbonyl (C=O) groups is 1. The van der Waals surface area contributed by atoms with E-state index in [2.05, 4.69) is 15.0 Å². The highest BCUT2D eigenvalue weighted by molar-refractivity contribution is 7.90. The predicted molar refractivity (Wildman–Crippen MR) is 137 cm³/mol. The number of pyridine rings is 3. The summed E-state index contributed by atoms with van der Waals surface area (Å²) < 4.78 is 25.0. The van der Waals surface area contributed by atoms with E-state index >= 15 is 0 Å². The van der Waals surface area contributed by atoms with Gasteiger partial charge in [0.15, 0.2) is 14.9 Å². The minimum atomic E-state index is -3.72. The number of benzene rings is 1. The first kappa shape index (κ1) is 24.3. The lowest BCUT2D eigenvalue weighted by atomic mass is 10.1. The third-order valence-corrected chi connectivity index (χ3v) is 7.43.